The first-order valence-corrected chi connectivity index (χ1v) is 7.12. The van der Waals surface area contributed by atoms with E-state index < -0.39 is 19.0 Å². The van der Waals surface area contributed by atoms with Crippen molar-refractivity contribution in [3.63, 3.8) is 0 Å². The number of allylic oxidation sites excluding steroid dienone is 1. The van der Waals surface area contributed by atoms with E-state index in [2.05, 4.69) is 10.5 Å². The SMILES string of the molecule is O=C(N[C@H]1CC/C=C\COB1O)/C(=N/O)c1cccs1. The highest BCUT2D eigenvalue weighted by atomic mass is 32.1. The molecule has 20 heavy (non-hydrogen) atoms. The van der Waals surface area contributed by atoms with Crippen LogP contribution < -0.4 is 5.32 Å². The van der Waals surface area contributed by atoms with Crippen molar-refractivity contribution in [2.45, 2.75) is 18.8 Å². The van der Waals surface area contributed by atoms with Gasteiger partial charge in [0.15, 0.2) is 5.71 Å². The minimum atomic E-state index is -1.08. The summed E-state index contributed by atoms with van der Waals surface area (Å²) in [5.74, 6) is -1.07. The molecule has 2 heterocycles. The number of rotatable bonds is 3. The highest BCUT2D eigenvalue weighted by Gasteiger charge is 2.30. The molecule has 1 aliphatic heterocycles. The maximum absolute atomic E-state index is 12.1. The first-order valence-electron chi connectivity index (χ1n) is 6.24. The van der Waals surface area contributed by atoms with Crippen molar-refractivity contribution in [3.05, 3.63) is 34.5 Å². The number of amides is 1. The molecule has 8 heteroatoms. The second-order valence-electron chi connectivity index (χ2n) is 4.28. The fraction of sp³-hybridized carbons (Fsp3) is 0.333. The molecule has 2 rings (SSSR count). The van der Waals surface area contributed by atoms with Gasteiger partial charge in [-0.05, 0) is 24.3 Å². The predicted octanol–water partition coefficient (Wildman–Crippen LogP) is 0.797. The summed E-state index contributed by atoms with van der Waals surface area (Å²) in [6, 6.07) is 3.45. The number of oxime groups is 1. The zero-order valence-corrected chi connectivity index (χ0v) is 11.5. The van der Waals surface area contributed by atoms with Crippen molar-refractivity contribution in [2.75, 3.05) is 6.61 Å². The lowest BCUT2D eigenvalue weighted by molar-refractivity contribution is -0.115. The van der Waals surface area contributed by atoms with E-state index in [-0.39, 0.29) is 5.71 Å². The quantitative estimate of drug-likeness (QED) is 0.253. The van der Waals surface area contributed by atoms with E-state index in [9.17, 15) is 9.82 Å². The van der Waals surface area contributed by atoms with Crippen LogP contribution in [0.3, 0.4) is 0 Å². The molecule has 0 aromatic carbocycles. The number of thiophene rings is 1. The Morgan fingerprint density at radius 2 is 2.40 bits per heavy atom. The third-order valence-electron chi connectivity index (χ3n) is 2.90. The Labute approximate surface area is 120 Å². The van der Waals surface area contributed by atoms with E-state index in [1.54, 1.807) is 17.5 Å². The molecule has 0 radical (unpaired) electrons. The van der Waals surface area contributed by atoms with Gasteiger partial charge in [0.1, 0.15) is 0 Å². The highest BCUT2D eigenvalue weighted by Crippen LogP contribution is 2.12. The molecule has 0 unspecified atom stereocenters. The van der Waals surface area contributed by atoms with E-state index in [0.29, 0.717) is 17.9 Å². The zero-order chi connectivity index (χ0) is 14.4. The molecule has 0 aliphatic carbocycles. The van der Waals surface area contributed by atoms with Crippen molar-refractivity contribution < 1.29 is 19.7 Å². The van der Waals surface area contributed by atoms with Crippen molar-refractivity contribution in [3.8, 4) is 0 Å². The number of carbonyl (C=O) groups excluding carboxylic acids is 1. The number of nitrogens with zero attached hydrogens (tertiary/aromatic N) is 1. The Hall–Kier alpha value is -1.64. The molecule has 0 saturated heterocycles. The second-order valence-corrected chi connectivity index (χ2v) is 5.23. The summed E-state index contributed by atoms with van der Waals surface area (Å²) in [5.41, 5.74) is -0.0650. The largest absolute Gasteiger partial charge is 0.478 e. The Kier molecular flexibility index (Phi) is 5.34. The normalized spacial score (nSPS) is 21.9. The van der Waals surface area contributed by atoms with Gasteiger partial charge < -0.3 is 20.2 Å². The molecule has 0 bridgehead atoms. The van der Waals surface area contributed by atoms with Crippen LogP contribution in [0.4, 0.5) is 0 Å². The first-order chi connectivity index (χ1) is 9.72. The van der Waals surface area contributed by atoms with Gasteiger partial charge in [-0.2, -0.15) is 0 Å². The summed E-state index contributed by atoms with van der Waals surface area (Å²) in [5, 5.41) is 26.3. The van der Waals surface area contributed by atoms with Crippen LogP contribution >= 0.6 is 11.3 Å². The Balaban J connectivity index is 2.04. The third-order valence-corrected chi connectivity index (χ3v) is 3.78. The van der Waals surface area contributed by atoms with Gasteiger partial charge in [0, 0.05) is 6.61 Å². The van der Waals surface area contributed by atoms with Gasteiger partial charge in [0.05, 0.1) is 10.8 Å². The number of nitrogens with one attached hydrogen (secondary N) is 1. The maximum atomic E-state index is 12.1. The van der Waals surface area contributed by atoms with Crippen molar-refractivity contribution >= 4 is 30.1 Å². The lowest BCUT2D eigenvalue weighted by Crippen LogP contribution is -2.50. The molecule has 6 nitrogen and oxygen atoms in total. The van der Waals surface area contributed by atoms with Gasteiger partial charge in [0.2, 0.25) is 0 Å². The summed E-state index contributed by atoms with van der Waals surface area (Å²) in [4.78, 5) is 12.7. The van der Waals surface area contributed by atoms with Crippen LogP contribution in [-0.2, 0) is 9.45 Å². The minimum Gasteiger partial charge on any atom is -0.426 e. The zero-order valence-electron chi connectivity index (χ0n) is 10.7. The van der Waals surface area contributed by atoms with Crippen LogP contribution in [0, 0.1) is 0 Å². The van der Waals surface area contributed by atoms with Gasteiger partial charge in [0.25, 0.3) is 5.91 Å². The fourth-order valence-corrected chi connectivity index (χ4v) is 2.58. The molecular weight excluding hydrogens is 279 g/mol. The molecule has 1 aliphatic rings. The Morgan fingerprint density at radius 1 is 1.55 bits per heavy atom. The first kappa shape index (κ1) is 14.8. The summed E-state index contributed by atoms with van der Waals surface area (Å²) in [6.45, 7) is 0.305. The number of hydrogen-bond acceptors (Lipinski definition) is 6. The molecule has 1 aromatic rings. The lowest BCUT2D eigenvalue weighted by atomic mass is 9.75. The molecular formula is C12H15BN2O4S. The van der Waals surface area contributed by atoms with Crippen LogP contribution in [0.1, 0.15) is 17.7 Å². The molecule has 3 N–H and O–H groups in total. The highest BCUT2D eigenvalue weighted by molar-refractivity contribution is 7.13. The van der Waals surface area contributed by atoms with Crippen molar-refractivity contribution in [1.82, 2.24) is 5.32 Å². The predicted molar refractivity (Wildman–Crippen MR) is 76.9 cm³/mol. The average Bonchev–Trinajstić information content (AvgIpc) is 2.93. The smallest absolute Gasteiger partial charge is 0.426 e. The Bertz CT molecular complexity index is 504. The van der Waals surface area contributed by atoms with Gasteiger partial charge in [-0.25, -0.2) is 0 Å². The molecule has 1 amide bonds. The van der Waals surface area contributed by atoms with Crippen LogP contribution in [0.15, 0.2) is 34.8 Å². The average molecular weight is 294 g/mol. The van der Waals surface area contributed by atoms with Gasteiger partial charge in [-0.3, -0.25) is 4.79 Å². The summed E-state index contributed by atoms with van der Waals surface area (Å²) in [6.07, 6.45) is 5.04. The Morgan fingerprint density at radius 3 is 3.10 bits per heavy atom. The van der Waals surface area contributed by atoms with E-state index in [1.807, 2.05) is 12.2 Å². The van der Waals surface area contributed by atoms with E-state index in [0.717, 1.165) is 6.42 Å². The molecule has 0 fully saturated rings. The summed E-state index contributed by atoms with van der Waals surface area (Å²) < 4.78 is 5.15. The fourth-order valence-electron chi connectivity index (χ4n) is 1.87. The third kappa shape index (κ3) is 3.69. The van der Waals surface area contributed by atoms with Crippen molar-refractivity contribution in [2.24, 2.45) is 5.16 Å². The molecule has 0 spiro atoms. The molecule has 1 atom stereocenters. The van der Waals surface area contributed by atoms with E-state index in [4.69, 9.17) is 9.86 Å². The van der Waals surface area contributed by atoms with Gasteiger partial charge >= 0.3 is 7.12 Å². The van der Waals surface area contributed by atoms with Gasteiger partial charge in [-0.15, -0.1) is 11.3 Å². The second kappa shape index (κ2) is 7.23. The lowest BCUT2D eigenvalue weighted by Gasteiger charge is -2.21. The topological polar surface area (TPSA) is 91.2 Å². The van der Waals surface area contributed by atoms with Crippen molar-refractivity contribution in [1.29, 1.82) is 0 Å². The summed E-state index contributed by atoms with van der Waals surface area (Å²) >= 11 is 1.30. The standard InChI is InChI=1S/C12H15BN2O4S/c16-12(11(15-18)9-5-4-8-20-9)14-10-6-2-1-3-7-19-13(10)17/h1,3-5,8,10,17-18H,2,6-7H2,(H,14,16)/b3-1-,15-11+/t10-/m0/s1. The number of hydrogen-bond donors (Lipinski definition) is 3. The minimum absolute atomic E-state index is 0.0650. The van der Waals surface area contributed by atoms with Crippen LogP contribution in [0.25, 0.3) is 0 Å². The van der Waals surface area contributed by atoms with Gasteiger partial charge in [-0.1, -0.05) is 23.4 Å². The van der Waals surface area contributed by atoms with Crippen LogP contribution in [0.2, 0.25) is 0 Å². The van der Waals surface area contributed by atoms with E-state index in [1.165, 1.54) is 11.3 Å². The number of carbonyl (C=O) groups is 1. The molecule has 106 valence electrons. The van der Waals surface area contributed by atoms with Crippen LogP contribution in [-0.4, -0.2) is 41.5 Å². The maximum Gasteiger partial charge on any atom is 0.478 e. The van der Waals surface area contributed by atoms with E-state index >= 15 is 0 Å². The molecule has 0 saturated carbocycles. The summed E-state index contributed by atoms with van der Waals surface area (Å²) in [7, 11) is -1.08. The molecule has 1 aromatic heterocycles. The monoisotopic (exact) mass is 294 g/mol. The van der Waals surface area contributed by atoms with Crippen LogP contribution in [0.5, 0.6) is 0 Å².